The molecule has 0 radical (unpaired) electrons. The fourth-order valence-electron chi connectivity index (χ4n) is 1.32. The summed E-state index contributed by atoms with van der Waals surface area (Å²) in [6.45, 7) is 0. The van der Waals surface area contributed by atoms with E-state index < -0.39 is 11.6 Å². The van der Waals surface area contributed by atoms with Gasteiger partial charge in [-0.1, -0.05) is 0 Å². The molecule has 0 aliphatic heterocycles. The minimum atomic E-state index is -1.48. The zero-order valence-electron chi connectivity index (χ0n) is 7.12. The number of carboxylic acids is 1. The van der Waals surface area contributed by atoms with Gasteiger partial charge in [-0.25, -0.2) is 9.18 Å². The van der Waals surface area contributed by atoms with Crippen LogP contribution in [0.25, 0.3) is 0 Å². The summed E-state index contributed by atoms with van der Waals surface area (Å²) in [4.78, 5) is 10.7. The van der Waals surface area contributed by atoms with Gasteiger partial charge in [0, 0.05) is 13.2 Å². The number of carboxylic acid groups (broad SMARTS) is 1. The molecule has 0 spiro atoms. The normalized spacial score (nSPS) is 17.3. The zero-order chi connectivity index (χ0) is 9.64. The Labute approximate surface area is 123 Å². The third-order valence-electron chi connectivity index (χ3n) is 2.17. The van der Waals surface area contributed by atoms with Gasteiger partial charge >= 0.3 is 57.4 Å². The van der Waals surface area contributed by atoms with Crippen molar-refractivity contribution in [3.05, 3.63) is 17.5 Å². The maximum absolute atomic E-state index is 13.5. The zero-order valence-corrected chi connectivity index (χ0v) is 7.12. The predicted molar refractivity (Wildman–Crippen MR) is 49.3 cm³/mol. The first kappa shape index (κ1) is 12.3. The number of halogens is 1. The van der Waals surface area contributed by atoms with Crippen molar-refractivity contribution in [3.63, 3.8) is 0 Å². The molecular weight excluding hydrogens is 214 g/mol. The molecule has 14 heavy (non-hydrogen) atoms. The van der Waals surface area contributed by atoms with Crippen molar-refractivity contribution < 1.29 is 14.3 Å². The summed E-state index contributed by atoms with van der Waals surface area (Å²) in [5.41, 5.74) is -1.43. The number of aromatic nitrogens is 2. The molecule has 1 aromatic heterocycles. The Morgan fingerprint density at radius 1 is 1.71 bits per heavy atom. The monoisotopic (exact) mass is 224 g/mol. The molecule has 1 heterocycles. The number of hydrogen-bond donors (Lipinski definition) is 1. The Morgan fingerprint density at radius 2 is 2.29 bits per heavy atom. The molecule has 1 saturated carbocycles. The van der Waals surface area contributed by atoms with E-state index in [0.717, 1.165) is 0 Å². The van der Waals surface area contributed by atoms with Crippen molar-refractivity contribution in [2.45, 2.75) is 18.5 Å². The first-order valence-electron chi connectivity index (χ1n) is 3.99. The van der Waals surface area contributed by atoms with E-state index in [4.69, 9.17) is 5.11 Å². The van der Waals surface area contributed by atoms with E-state index in [2.05, 4.69) is 5.10 Å². The van der Waals surface area contributed by atoms with Crippen LogP contribution in [-0.2, 0) is 12.7 Å². The first-order valence-corrected chi connectivity index (χ1v) is 3.99. The Bertz CT molecular complexity index is 373. The van der Waals surface area contributed by atoms with Gasteiger partial charge in [0.15, 0.2) is 5.67 Å². The Balaban J connectivity index is 0.000000980. The van der Waals surface area contributed by atoms with Gasteiger partial charge in [-0.3, -0.25) is 4.68 Å². The van der Waals surface area contributed by atoms with E-state index in [1.807, 2.05) is 0 Å². The molecule has 72 valence electrons. The molecule has 1 aromatic rings. The molecule has 0 amide bonds. The van der Waals surface area contributed by atoms with E-state index >= 15 is 0 Å². The van der Waals surface area contributed by atoms with Crippen molar-refractivity contribution in [2.75, 3.05) is 0 Å². The van der Waals surface area contributed by atoms with Crippen LogP contribution in [0.15, 0.2) is 6.20 Å². The number of aryl methyl sites for hydroxylation is 1. The van der Waals surface area contributed by atoms with Gasteiger partial charge < -0.3 is 5.11 Å². The van der Waals surface area contributed by atoms with Crippen LogP contribution in [0.3, 0.4) is 0 Å². The summed E-state index contributed by atoms with van der Waals surface area (Å²) < 4.78 is 14.9. The average molecular weight is 224 g/mol. The SMILES string of the molecule is Cn1cc(C(=O)O)c(C2(F)CC2)n1.[KH]. The van der Waals surface area contributed by atoms with Crippen LogP contribution in [-0.4, -0.2) is 72.2 Å². The third kappa shape index (κ3) is 2.09. The summed E-state index contributed by atoms with van der Waals surface area (Å²) in [6, 6.07) is 0. The van der Waals surface area contributed by atoms with Gasteiger partial charge in [0.05, 0.1) is 0 Å². The molecule has 1 N–H and O–H groups in total. The fraction of sp³-hybridized carbons (Fsp3) is 0.500. The second kappa shape index (κ2) is 4.01. The minimum absolute atomic E-state index is 0. The van der Waals surface area contributed by atoms with Gasteiger partial charge in [-0.15, -0.1) is 0 Å². The third-order valence-corrected chi connectivity index (χ3v) is 2.17. The number of hydrogen-bond acceptors (Lipinski definition) is 2. The van der Waals surface area contributed by atoms with Gasteiger partial charge in [-0.2, -0.15) is 5.10 Å². The second-order valence-electron chi connectivity index (χ2n) is 3.34. The van der Waals surface area contributed by atoms with Gasteiger partial charge in [-0.05, 0) is 12.8 Å². The number of alkyl halides is 1. The van der Waals surface area contributed by atoms with Crippen LogP contribution in [0.5, 0.6) is 0 Å². The number of carbonyl (C=O) groups is 1. The van der Waals surface area contributed by atoms with E-state index in [0.29, 0.717) is 12.8 Å². The quantitative estimate of drug-likeness (QED) is 0.741. The Hall–Kier alpha value is 0.246. The van der Waals surface area contributed by atoms with Crippen LogP contribution in [0, 0.1) is 0 Å². The van der Waals surface area contributed by atoms with Crippen molar-refractivity contribution >= 4 is 57.4 Å². The van der Waals surface area contributed by atoms with Crippen LogP contribution < -0.4 is 0 Å². The molecule has 1 fully saturated rings. The number of rotatable bonds is 2. The summed E-state index contributed by atoms with van der Waals surface area (Å²) in [7, 11) is 1.58. The Kier molecular flexibility index (Phi) is 3.53. The van der Waals surface area contributed by atoms with Crippen molar-refractivity contribution in [1.82, 2.24) is 9.78 Å². The van der Waals surface area contributed by atoms with Gasteiger partial charge in [0.2, 0.25) is 0 Å². The summed E-state index contributed by atoms with van der Waals surface area (Å²) in [6.07, 6.45) is 2.09. The van der Waals surface area contributed by atoms with E-state index in [1.54, 1.807) is 7.05 Å². The number of aromatic carboxylic acids is 1. The van der Waals surface area contributed by atoms with Gasteiger partial charge in [0.25, 0.3) is 0 Å². The number of nitrogens with zero attached hydrogens (tertiary/aromatic N) is 2. The topological polar surface area (TPSA) is 55.1 Å². The summed E-state index contributed by atoms with van der Waals surface area (Å²) in [5, 5.41) is 12.6. The van der Waals surface area contributed by atoms with E-state index in [-0.39, 0.29) is 62.6 Å². The maximum atomic E-state index is 13.5. The first-order chi connectivity index (χ1) is 6.03. The average Bonchev–Trinajstić information content (AvgIpc) is 2.62. The molecular formula is C8H10FKN2O2. The van der Waals surface area contributed by atoms with E-state index in [9.17, 15) is 9.18 Å². The van der Waals surface area contributed by atoms with Crippen LogP contribution in [0.4, 0.5) is 4.39 Å². The standard InChI is InChI=1S/C8H9FN2O2.K.H/c1-11-4-5(7(12)13)6(10-11)8(9)2-3-8;;/h4H,2-3H2,1H3,(H,12,13);;. The summed E-state index contributed by atoms with van der Waals surface area (Å²) >= 11 is 0. The van der Waals surface area contributed by atoms with Crippen LogP contribution in [0.1, 0.15) is 28.9 Å². The molecule has 0 atom stereocenters. The van der Waals surface area contributed by atoms with Crippen LogP contribution >= 0.6 is 0 Å². The second-order valence-corrected chi connectivity index (χ2v) is 3.34. The Morgan fingerprint density at radius 3 is 2.71 bits per heavy atom. The molecule has 2 rings (SSSR count). The molecule has 0 aromatic carbocycles. The molecule has 4 nitrogen and oxygen atoms in total. The molecule has 1 aliphatic carbocycles. The predicted octanol–water partition coefficient (Wildman–Crippen LogP) is 0.428. The molecule has 6 heteroatoms. The molecule has 1 aliphatic rings. The van der Waals surface area contributed by atoms with Gasteiger partial charge in [0.1, 0.15) is 11.3 Å². The van der Waals surface area contributed by atoms with E-state index in [1.165, 1.54) is 10.9 Å². The van der Waals surface area contributed by atoms with Crippen molar-refractivity contribution in [3.8, 4) is 0 Å². The van der Waals surface area contributed by atoms with Crippen molar-refractivity contribution in [1.29, 1.82) is 0 Å². The van der Waals surface area contributed by atoms with Crippen LogP contribution in [0.2, 0.25) is 0 Å². The van der Waals surface area contributed by atoms with Crippen molar-refractivity contribution in [2.24, 2.45) is 7.05 Å². The molecule has 0 saturated heterocycles. The molecule has 0 bridgehead atoms. The fourth-order valence-corrected chi connectivity index (χ4v) is 1.32. The molecule has 0 unspecified atom stereocenters. The summed E-state index contributed by atoms with van der Waals surface area (Å²) in [5.74, 6) is -1.12.